The van der Waals surface area contributed by atoms with Gasteiger partial charge in [-0.2, -0.15) is 0 Å². The average molecular weight is 299 g/mol. The highest BCUT2D eigenvalue weighted by Crippen LogP contribution is 2.23. The van der Waals surface area contributed by atoms with Crippen molar-refractivity contribution in [1.29, 1.82) is 0 Å². The summed E-state index contributed by atoms with van der Waals surface area (Å²) in [6, 6.07) is 10.5. The van der Waals surface area contributed by atoms with Gasteiger partial charge in [-0.15, -0.1) is 11.8 Å². The summed E-state index contributed by atoms with van der Waals surface area (Å²) < 4.78 is 0. The van der Waals surface area contributed by atoms with Crippen LogP contribution < -0.4 is 5.32 Å². The molecule has 3 nitrogen and oxygen atoms in total. The molecule has 0 saturated carbocycles. The highest BCUT2D eigenvalue weighted by Gasteiger charge is 2.16. The molecule has 1 aliphatic rings. The zero-order valence-electron chi connectivity index (χ0n) is 12.4. The van der Waals surface area contributed by atoms with E-state index >= 15 is 0 Å². The zero-order chi connectivity index (χ0) is 14.5. The second kappa shape index (κ2) is 7.05. The fourth-order valence-electron chi connectivity index (χ4n) is 2.67. The summed E-state index contributed by atoms with van der Waals surface area (Å²) >= 11 is 1.81. The minimum Gasteiger partial charge on any atom is -0.311 e. The highest BCUT2D eigenvalue weighted by atomic mass is 32.2. The Labute approximate surface area is 130 Å². The second-order valence-corrected chi connectivity index (χ2v) is 6.34. The molecule has 110 valence electrons. The molecule has 4 heteroatoms. The van der Waals surface area contributed by atoms with E-state index in [0.717, 1.165) is 43.9 Å². The van der Waals surface area contributed by atoms with Gasteiger partial charge in [-0.1, -0.05) is 31.5 Å². The van der Waals surface area contributed by atoms with E-state index in [-0.39, 0.29) is 0 Å². The van der Waals surface area contributed by atoms with Crippen LogP contribution >= 0.6 is 11.8 Å². The molecule has 1 aromatic carbocycles. The third-order valence-electron chi connectivity index (χ3n) is 3.67. The maximum Gasteiger partial charge on any atom is 0.139 e. The first-order valence-electron chi connectivity index (χ1n) is 7.63. The first-order valence-corrected chi connectivity index (χ1v) is 8.61. The van der Waals surface area contributed by atoms with Crippen molar-refractivity contribution in [1.82, 2.24) is 15.3 Å². The van der Waals surface area contributed by atoms with Crippen molar-refractivity contribution in [3.8, 4) is 0 Å². The Morgan fingerprint density at radius 1 is 1.19 bits per heavy atom. The third kappa shape index (κ3) is 3.63. The van der Waals surface area contributed by atoms with E-state index in [1.54, 1.807) is 11.8 Å². The SMILES string of the molecule is CCCc1nc(CSc2ccccc2)nc2c1CCNC2. The fourth-order valence-corrected chi connectivity index (χ4v) is 3.44. The maximum atomic E-state index is 4.83. The van der Waals surface area contributed by atoms with E-state index in [2.05, 4.69) is 36.5 Å². The van der Waals surface area contributed by atoms with E-state index < -0.39 is 0 Å². The van der Waals surface area contributed by atoms with Gasteiger partial charge >= 0.3 is 0 Å². The molecule has 3 rings (SSSR count). The van der Waals surface area contributed by atoms with Gasteiger partial charge in [0.05, 0.1) is 11.4 Å². The molecule has 0 unspecified atom stereocenters. The quantitative estimate of drug-likeness (QED) is 0.859. The third-order valence-corrected chi connectivity index (χ3v) is 4.67. The molecule has 2 aromatic rings. The number of aromatic nitrogens is 2. The number of hydrogen-bond donors (Lipinski definition) is 1. The monoisotopic (exact) mass is 299 g/mol. The van der Waals surface area contributed by atoms with E-state index in [1.165, 1.54) is 21.8 Å². The number of thioether (sulfide) groups is 1. The lowest BCUT2D eigenvalue weighted by Gasteiger charge is -2.20. The van der Waals surface area contributed by atoms with Crippen molar-refractivity contribution >= 4 is 11.8 Å². The van der Waals surface area contributed by atoms with E-state index in [0.29, 0.717) is 0 Å². The first kappa shape index (κ1) is 14.5. The molecular weight excluding hydrogens is 278 g/mol. The van der Waals surface area contributed by atoms with Crippen molar-refractivity contribution < 1.29 is 0 Å². The molecule has 21 heavy (non-hydrogen) atoms. The molecule has 0 spiro atoms. The van der Waals surface area contributed by atoms with Crippen molar-refractivity contribution in [2.24, 2.45) is 0 Å². The Balaban J connectivity index is 1.80. The molecular formula is C17H21N3S. The second-order valence-electron chi connectivity index (χ2n) is 5.29. The lowest BCUT2D eigenvalue weighted by Crippen LogP contribution is -2.27. The van der Waals surface area contributed by atoms with Crippen LogP contribution in [0.15, 0.2) is 35.2 Å². The first-order chi connectivity index (χ1) is 10.4. The summed E-state index contributed by atoms with van der Waals surface area (Å²) in [4.78, 5) is 10.9. The number of aryl methyl sites for hydroxylation is 1. The van der Waals surface area contributed by atoms with Crippen LogP contribution in [0.1, 0.15) is 36.1 Å². The van der Waals surface area contributed by atoms with Crippen molar-refractivity contribution in [2.75, 3.05) is 6.54 Å². The molecule has 0 fully saturated rings. The smallest absolute Gasteiger partial charge is 0.139 e. The number of nitrogens with zero attached hydrogens (tertiary/aromatic N) is 2. The summed E-state index contributed by atoms with van der Waals surface area (Å²) in [5.74, 6) is 1.81. The van der Waals surface area contributed by atoms with Crippen molar-refractivity contribution in [2.45, 2.75) is 43.4 Å². The summed E-state index contributed by atoms with van der Waals surface area (Å²) in [5, 5.41) is 3.41. The van der Waals surface area contributed by atoms with Crippen LogP contribution in [-0.4, -0.2) is 16.5 Å². The van der Waals surface area contributed by atoms with Crippen LogP contribution in [0, 0.1) is 0 Å². The van der Waals surface area contributed by atoms with Gasteiger partial charge in [-0.3, -0.25) is 0 Å². The number of hydrogen-bond acceptors (Lipinski definition) is 4. The van der Waals surface area contributed by atoms with Gasteiger partial charge in [-0.05, 0) is 37.1 Å². The Morgan fingerprint density at radius 3 is 2.86 bits per heavy atom. The highest BCUT2D eigenvalue weighted by molar-refractivity contribution is 7.98. The molecule has 0 atom stereocenters. The summed E-state index contributed by atoms with van der Waals surface area (Å²) in [5.41, 5.74) is 3.88. The largest absolute Gasteiger partial charge is 0.311 e. The zero-order valence-corrected chi connectivity index (χ0v) is 13.2. The number of nitrogens with one attached hydrogen (secondary N) is 1. The van der Waals surface area contributed by atoms with Crippen molar-refractivity contribution in [3.63, 3.8) is 0 Å². The average Bonchev–Trinajstić information content (AvgIpc) is 2.54. The van der Waals surface area contributed by atoms with Gasteiger partial charge in [0.25, 0.3) is 0 Å². The summed E-state index contributed by atoms with van der Waals surface area (Å²) in [7, 11) is 0. The van der Waals surface area contributed by atoms with Crippen LogP contribution in [0.3, 0.4) is 0 Å². The van der Waals surface area contributed by atoms with Crippen LogP contribution in [0.4, 0.5) is 0 Å². The Kier molecular flexibility index (Phi) is 4.88. The van der Waals surface area contributed by atoms with Gasteiger partial charge in [0, 0.05) is 17.1 Å². The normalized spacial score (nSPS) is 14.0. The fraction of sp³-hybridized carbons (Fsp3) is 0.412. The van der Waals surface area contributed by atoms with Gasteiger partial charge < -0.3 is 5.32 Å². The van der Waals surface area contributed by atoms with Gasteiger partial charge in [0.1, 0.15) is 5.82 Å². The van der Waals surface area contributed by atoms with Gasteiger partial charge in [0.15, 0.2) is 0 Å². The molecule has 1 aromatic heterocycles. The molecule has 1 aliphatic heterocycles. The molecule has 1 N–H and O–H groups in total. The summed E-state index contributed by atoms with van der Waals surface area (Å²) in [6.07, 6.45) is 3.27. The van der Waals surface area contributed by atoms with Crippen molar-refractivity contribution in [3.05, 3.63) is 53.1 Å². The Morgan fingerprint density at radius 2 is 2.05 bits per heavy atom. The minimum absolute atomic E-state index is 0.841. The number of benzene rings is 1. The van der Waals surface area contributed by atoms with Gasteiger partial charge in [-0.25, -0.2) is 9.97 Å². The molecule has 0 amide bonds. The lowest BCUT2D eigenvalue weighted by atomic mass is 10.0. The molecule has 2 heterocycles. The van der Waals surface area contributed by atoms with Crippen LogP contribution in [0.2, 0.25) is 0 Å². The van der Waals surface area contributed by atoms with Crippen LogP contribution in [-0.2, 0) is 25.1 Å². The Hall–Kier alpha value is -1.39. The minimum atomic E-state index is 0.841. The van der Waals surface area contributed by atoms with E-state index in [9.17, 15) is 0 Å². The molecule has 0 saturated heterocycles. The predicted molar refractivity (Wildman–Crippen MR) is 87.4 cm³/mol. The number of fused-ring (bicyclic) bond motifs is 1. The van der Waals surface area contributed by atoms with Gasteiger partial charge in [0.2, 0.25) is 0 Å². The number of rotatable bonds is 5. The summed E-state index contributed by atoms with van der Waals surface area (Å²) in [6.45, 7) is 4.15. The molecule has 0 bridgehead atoms. The Bertz CT molecular complexity index is 598. The van der Waals surface area contributed by atoms with E-state index in [1.807, 2.05) is 6.07 Å². The topological polar surface area (TPSA) is 37.8 Å². The van der Waals surface area contributed by atoms with Crippen LogP contribution in [0.5, 0.6) is 0 Å². The van der Waals surface area contributed by atoms with E-state index in [4.69, 9.17) is 9.97 Å². The molecule has 0 radical (unpaired) electrons. The lowest BCUT2D eigenvalue weighted by molar-refractivity contribution is 0.608. The predicted octanol–water partition coefficient (Wildman–Crippen LogP) is 3.37. The van der Waals surface area contributed by atoms with Crippen LogP contribution in [0.25, 0.3) is 0 Å². The standard InChI is InChI=1S/C17H21N3S/c1-2-6-15-14-9-10-18-11-16(14)20-17(19-15)12-21-13-7-4-3-5-8-13/h3-5,7-8,18H,2,6,9-12H2,1H3. The maximum absolute atomic E-state index is 4.83. The molecule has 0 aliphatic carbocycles.